The number of rotatable bonds is 6. The van der Waals surface area contributed by atoms with Gasteiger partial charge < -0.3 is 10.1 Å². The van der Waals surface area contributed by atoms with Crippen molar-refractivity contribution in [3.05, 3.63) is 78.6 Å². The quantitative estimate of drug-likeness (QED) is 0.702. The SMILES string of the molecule is C=CCOc1cccc(NC(=O)c2cn(-c3cccc(C)c3)nn2)c1. The lowest BCUT2D eigenvalue weighted by Crippen LogP contribution is -2.12. The van der Waals surface area contributed by atoms with Crippen LogP contribution in [0.3, 0.4) is 0 Å². The zero-order chi connectivity index (χ0) is 17.6. The Labute approximate surface area is 145 Å². The summed E-state index contributed by atoms with van der Waals surface area (Å²) in [5, 5.41) is 10.8. The number of amides is 1. The molecule has 1 amide bonds. The van der Waals surface area contributed by atoms with E-state index >= 15 is 0 Å². The molecule has 2 aromatic carbocycles. The highest BCUT2D eigenvalue weighted by molar-refractivity contribution is 6.02. The molecule has 6 heteroatoms. The molecule has 0 bridgehead atoms. The molecule has 1 N–H and O–H groups in total. The summed E-state index contributed by atoms with van der Waals surface area (Å²) in [5.41, 5.74) is 2.82. The first kappa shape index (κ1) is 16.4. The Hall–Kier alpha value is -3.41. The first-order chi connectivity index (χ1) is 12.2. The van der Waals surface area contributed by atoms with Gasteiger partial charge in [-0.05, 0) is 36.8 Å². The van der Waals surface area contributed by atoms with Crippen LogP contribution < -0.4 is 10.1 Å². The van der Waals surface area contributed by atoms with Gasteiger partial charge >= 0.3 is 0 Å². The molecule has 25 heavy (non-hydrogen) atoms. The lowest BCUT2D eigenvalue weighted by Gasteiger charge is -2.06. The number of hydrogen-bond acceptors (Lipinski definition) is 4. The second-order valence-corrected chi connectivity index (χ2v) is 5.47. The fourth-order valence-electron chi connectivity index (χ4n) is 2.28. The van der Waals surface area contributed by atoms with E-state index in [1.54, 1.807) is 35.2 Å². The van der Waals surface area contributed by atoms with Crippen molar-refractivity contribution in [3.8, 4) is 11.4 Å². The van der Waals surface area contributed by atoms with Crippen LogP contribution in [0.5, 0.6) is 5.75 Å². The van der Waals surface area contributed by atoms with Crippen molar-refractivity contribution in [2.45, 2.75) is 6.92 Å². The van der Waals surface area contributed by atoms with Crippen LogP contribution >= 0.6 is 0 Å². The molecule has 1 aromatic heterocycles. The van der Waals surface area contributed by atoms with Crippen molar-refractivity contribution in [2.75, 3.05) is 11.9 Å². The number of aromatic nitrogens is 3. The van der Waals surface area contributed by atoms with Crippen molar-refractivity contribution in [1.29, 1.82) is 0 Å². The third-order valence-electron chi connectivity index (χ3n) is 3.45. The zero-order valence-corrected chi connectivity index (χ0v) is 13.8. The molecule has 0 atom stereocenters. The fourth-order valence-corrected chi connectivity index (χ4v) is 2.28. The molecule has 6 nitrogen and oxygen atoms in total. The van der Waals surface area contributed by atoms with Gasteiger partial charge in [-0.15, -0.1) is 5.10 Å². The summed E-state index contributed by atoms with van der Waals surface area (Å²) < 4.78 is 7.03. The third kappa shape index (κ3) is 4.11. The second kappa shape index (κ2) is 7.44. The van der Waals surface area contributed by atoms with Crippen LogP contribution in [-0.2, 0) is 0 Å². The van der Waals surface area contributed by atoms with E-state index in [1.165, 1.54) is 0 Å². The number of nitrogens with zero attached hydrogens (tertiary/aromatic N) is 3. The summed E-state index contributed by atoms with van der Waals surface area (Å²) in [4.78, 5) is 12.4. The van der Waals surface area contributed by atoms with Gasteiger partial charge in [0, 0.05) is 11.8 Å². The number of aryl methyl sites for hydroxylation is 1. The molecule has 0 fully saturated rings. The number of carbonyl (C=O) groups is 1. The summed E-state index contributed by atoms with van der Waals surface area (Å²) in [6.07, 6.45) is 3.26. The Kier molecular flexibility index (Phi) is 4.89. The molecule has 0 aliphatic heterocycles. The van der Waals surface area contributed by atoms with Gasteiger partial charge in [-0.25, -0.2) is 4.68 Å². The van der Waals surface area contributed by atoms with Crippen LogP contribution in [0.15, 0.2) is 67.4 Å². The largest absolute Gasteiger partial charge is 0.489 e. The van der Waals surface area contributed by atoms with Crippen LogP contribution in [0.1, 0.15) is 16.1 Å². The average Bonchev–Trinajstić information content (AvgIpc) is 3.11. The number of benzene rings is 2. The van der Waals surface area contributed by atoms with Crippen LogP contribution in [-0.4, -0.2) is 27.5 Å². The minimum Gasteiger partial charge on any atom is -0.489 e. The van der Waals surface area contributed by atoms with Gasteiger partial charge in [-0.2, -0.15) is 0 Å². The van der Waals surface area contributed by atoms with E-state index in [-0.39, 0.29) is 11.6 Å². The first-order valence-corrected chi connectivity index (χ1v) is 7.80. The van der Waals surface area contributed by atoms with E-state index in [9.17, 15) is 4.79 Å². The average molecular weight is 334 g/mol. The fraction of sp³-hybridized carbons (Fsp3) is 0.105. The van der Waals surface area contributed by atoms with Gasteiger partial charge in [0.1, 0.15) is 12.4 Å². The third-order valence-corrected chi connectivity index (χ3v) is 3.45. The summed E-state index contributed by atoms with van der Waals surface area (Å²) >= 11 is 0. The maximum Gasteiger partial charge on any atom is 0.277 e. The van der Waals surface area contributed by atoms with E-state index < -0.39 is 0 Å². The van der Waals surface area contributed by atoms with Crippen molar-refractivity contribution >= 4 is 11.6 Å². The Morgan fingerprint density at radius 1 is 1.28 bits per heavy atom. The van der Waals surface area contributed by atoms with Crippen LogP contribution in [0.4, 0.5) is 5.69 Å². The lowest BCUT2D eigenvalue weighted by molar-refractivity contribution is 0.102. The van der Waals surface area contributed by atoms with Crippen molar-refractivity contribution < 1.29 is 9.53 Å². The molecule has 0 aliphatic rings. The highest BCUT2D eigenvalue weighted by Gasteiger charge is 2.12. The first-order valence-electron chi connectivity index (χ1n) is 7.80. The molecule has 0 radical (unpaired) electrons. The van der Waals surface area contributed by atoms with Crippen LogP contribution in [0.2, 0.25) is 0 Å². The maximum absolute atomic E-state index is 12.4. The van der Waals surface area contributed by atoms with Crippen LogP contribution in [0.25, 0.3) is 5.69 Å². The van der Waals surface area contributed by atoms with E-state index in [0.29, 0.717) is 18.0 Å². The zero-order valence-electron chi connectivity index (χ0n) is 13.8. The smallest absolute Gasteiger partial charge is 0.277 e. The molecule has 0 spiro atoms. The summed E-state index contributed by atoms with van der Waals surface area (Å²) in [6.45, 7) is 6.01. The van der Waals surface area contributed by atoms with Crippen molar-refractivity contribution in [1.82, 2.24) is 15.0 Å². The highest BCUT2D eigenvalue weighted by atomic mass is 16.5. The van der Waals surface area contributed by atoms with Gasteiger partial charge in [0.15, 0.2) is 5.69 Å². The van der Waals surface area contributed by atoms with Crippen molar-refractivity contribution in [2.24, 2.45) is 0 Å². The van der Waals surface area contributed by atoms with Crippen LogP contribution in [0, 0.1) is 6.92 Å². The van der Waals surface area contributed by atoms with Crippen molar-refractivity contribution in [3.63, 3.8) is 0 Å². The lowest BCUT2D eigenvalue weighted by atomic mass is 10.2. The predicted molar refractivity (Wildman–Crippen MR) is 96.2 cm³/mol. The summed E-state index contributed by atoms with van der Waals surface area (Å²) in [6, 6.07) is 14.9. The Morgan fingerprint density at radius 3 is 2.92 bits per heavy atom. The number of anilines is 1. The highest BCUT2D eigenvalue weighted by Crippen LogP contribution is 2.18. The molecule has 3 aromatic rings. The molecule has 1 heterocycles. The normalized spacial score (nSPS) is 10.3. The summed E-state index contributed by atoms with van der Waals surface area (Å²) in [7, 11) is 0. The minimum atomic E-state index is -0.334. The number of hydrogen-bond donors (Lipinski definition) is 1. The van der Waals surface area contributed by atoms with Gasteiger partial charge in [-0.1, -0.05) is 36.1 Å². The van der Waals surface area contributed by atoms with Gasteiger partial charge in [0.2, 0.25) is 0 Å². The molecule has 126 valence electrons. The molecule has 0 saturated carbocycles. The topological polar surface area (TPSA) is 69.0 Å². The molecule has 0 aliphatic carbocycles. The van der Waals surface area contributed by atoms with Gasteiger partial charge in [-0.3, -0.25) is 4.79 Å². The second-order valence-electron chi connectivity index (χ2n) is 5.47. The van der Waals surface area contributed by atoms with Gasteiger partial charge in [0.25, 0.3) is 5.91 Å². The molecule has 3 rings (SSSR count). The number of nitrogens with one attached hydrogen (secondary N) is 1. The van der Waals surface area contributed by atoms with E-state index in [2.05, 4.69) is 22.2 Å². The number of carbonyl (C=O) groups excluding carboxylic acids is 1. The van der Waals surface area contributed by atoms with E-state index in [4.69, 9.17) is 4.74 Å². The molecule has 0 unspecified atom stereocenters. The predicted octanol–water partition coefficient (Wildman–Crippen LogP) is 3.39. The summed E-state index contributed by atoms with van der Waals surface area (Å²) in [5.74, 6) is 0.320. The molecular formula is C19H18N4O2. The monoisotopic (exact) mass is 334 g/mol. The standard InChI is InChI=1S/C19H18N4O2/c1-3-10-25-17-9-5-7-15(12-17)20-19(24)18-13-23(22-21-18)16-8-4-6-14(2)11-16/h3-9,11-13H,1,10H2,2H3,(H,20,24). The number of ether oxygens (including phenoxy) is 1. The molecular weight excluding hydrogens is 316 g/mol. The Bertz CT molecular complexity index is 902. The minimum absolute atomic E-state index is 0.235. The molecule has 0 saturated heterocycles. The Morgan fingerprint density at radius 2 is 2.12 bits per heavy atom. The van der Waals surface area contributed by atoms with Gasteiger partial charge in [0.05, 0.1) is 11.9 Å². The Balaban J connectivity index is 1.73. The van der Waals surface area contributed by atoms with E-state index in [1.807, 2.05) is 37.3 Å². The maximum atomic E-state index is 12.4. The van der Waals surface area contributed by atoms with E-state index in [0.717, 1.165) is 11.3 Å².